The number of carbonyl (C=O) groups excluding carboxylic acids is 2. The second-order valence-corrected chi connectivity index (χ2v) is 5.17. The van der Waals surface area contributed by atoms with Crippen LogP contribution in [0.5, 0.6) is 0 Å². The minimum absolute atomic E-state index is 0.178. The molecule has 0 saturated heterocycles. The number of nitrogens with one attached hydrogen (secondary N) is 2. The standard InChI is InChI=1S/C13H22N2O4/c1-9-4-2-3-5-10(9)8-14-13(19)15-11(16)6-7-12(17)18/h9-10H,2-8H2,1H3,(H,17,18)(H2,14,15,16,19). The van der Waals surface area contributed by atoms with Crippen LogP contribution >= 0.6 is 0 Å². The summed E-state index contributed by atoms with van der Waals surface area (Å²) in [6.45, 7) is 2.75. The van der Waals surface area contributed by atoms with Crippen molar-refractivity contribution in [2.45, 2.75) is 45.4 Å². The van der Waals surface area contributed by atoms with Gasteiger partial charge in [-0.3, -0.25) is 14.9 Å². The van der Waals surface area contributed by atoms with Crippen molar-refractivity contribution in [1.82, 2.24) is 10.6 Å². The zero-order chi connectivity index (χ0) is 14.3. The van der Waals surface area contributed by atoms with Crippen LogP contribution in [0.2, 0.25) is 0 Å². The topological polar surface area (TPSA) is 95.5 Å². The van der Waals surface area contributed by atoms with Gasteiger partial charge in [-0.25, -0.2) is 4.79 Å². The number of imide groups is 1. The van der Waals surface area contributed by atoms with Crippen LogP contribution in [0.3, 0.4) is 0 Å². The first kappa shape index (κ1) is 15.5. The summed E-state index contributed by atoms with van der Waals surface area (Å²) in [6.07, 6.45) is 4.29. The first-order valence-electron chi connectivity index (χ1n) is 6.78. The minimum Gasteiger partial charge on any atom is -0.481 e. The van der Waals surface area contributed by atoms with Crippen molar-refractivity contribution in [3.8, 4) is 0 Å². The Morgan fingerprint density at radius 2 is 1.84 bits per heavy atom. The lowest BCUT2D eigenvalue weighted by atomic mass is 9.80. The number of hydrogen-bond acceptors (Lipinski definition) is 3. The molecule has 0 radical (unpaired) electrons. The SMILES string of the molecule is CC1CCCCC1CNC(=O)NC(=O)CCC(=O)O. The van der Waals surface area contributed by atoms with Gasteiger partial charge in [-0.05, 0) is 18.3 Å². The van der Waals surface area contributed by atoms with Gasteiger partial charge in [0.15, 0.2) is 0 Å². The Labute approximate surface area is 112 Å². The van der Waals surface area contributed by atoms with E-state index in [0.717, 1.165) is 6.42 Å². The number of urea groups is 1. The Morgan fingerprint density at radius 1 is 1.16 bits per heavy atom. The predicted octanol–water partition coefficient (Wildman–Crippen LogP) is 1.50. The van der Waals surface area contributed by atoms with Crippen LogP contribution in [0, 0.1) is 11.8 Å². The third-order valence-electron chi connectivity index (χ3n) is 3.63. The highest BCUT2D eigenvalue weighted by atomic mass is 16.4. The average molecular weight is 270 g/mol. The maximum atomic E-state index is 11.5. The summed E-state index contributed by atoms with van der Waals surface area (Å²) in [5, 5.41) is 13.2. The number of aliphatic carboxylic acids is 1. The van der Waals surface area contributed by atoms with Gasteiger partial charge in [0.1, 0.15) is 0 Å². The van der Waals surface area contributed by atoms with Crippen LogP contribution in [0.15, 0.2) is 0 Å². The van der Waals surface area contributed by atoms with E-state index >= 15 is 0 Å². The molecule has 0 bridgehead atoms. The first-order valence-corrected chi connectivity index (χ1v) is 6.78. The normalized spacial score (nSPS) is 22.6. The molecule has 0 aromatic rings. The Morgan fingerprint density at radius 3 is 2.47 bits per heavy atom. The van der Waals surface area contributed by atoms with Crippen molar-refractivity contribution in [2.24, 2.45) is 11.8 Å². The molecule has 1 rings (SSSR count). The zero-order valence-electron chi connectivity index (χ0n) is 11.3. The fourth-order valence-corrected chi connectivity index (χ4v) is 2.37. The van der Waals surface area contributed by atoms with E-state index in [2.05, 4.69) is 17.6 Å². The molecule has 6 nitrogen and oxygen atoms in total. The Bertz CT molecular complexity index is 344. The van der Waals surface area contributed by atoms with Crippen molar-refractivity contribution in [3.05, 3.63) is 0 Å². The summed E-state index contributed by atoms with van der Waals surface area (Å²) in [4.78, 5) is 33.0. The Hall–Kier alpha value is -1.59. The van der Waals surface area contributed by atoms with Crippen molar-refractivity contribution >= 4 is 17.9 Å². The van der Waals surface area contributed by atoms with E-state index < -0.39 is 17.9 Å². The molecule has 19 heavy (non-hydrogen) atoms. The molecule has 6 heteroatoms. The molecule has 0 aromatic heterocycles. The fourth-order valence-electron chi connectivity index (χ4n) is 2.37. The molecule has 2 unspecified atom stereocenters. The fraction of sp³-hybridized carbons (Fsp3) is 0.769. The van der Waals surface area contributed by atoms with Crippen LogP contribution in [-0.4, -0.2) is 29.6 Å². The highest BCUT2D eigenvalue weighted by Gasteiger charge is 2.21. The highest BCUT2D eigenvalue weighted by molar-refractivity contribution is 5.95. The molecule has 0 aliphatic heterocycles. The second-order valence-electron chi connectivity index (χ2n) is 5.17. The van der Waals surface area contributed by atoms with Crippen LogP contribution in [-0.2, 0) is 9.59 Å². The maximum Gasteiger partial charge on any atom is 0.321 e. The average Bonchev–Trinajstić information content (AvgIpc) is 2.35. The molecule has 0 aromatic carbocycles. The number of amides is 3. The smallest absolute Gasteiger partial charge is 0.321 e. The van der Waals surface area contributed by atoms with E-state index in [9.17, 15) is 14.4 Å². The van der Waals surface area contributed by atoms with Gasteiger partial charge >= 0.3 is 12.0 Å². The van der Waals surface area contributed by atoms with E-state index in [1.807, 2.05) is 0 Å². The number of hydrogen-bond donors (Lipinski definition) is 3. The molecular formula is C13H22N2O4. The lowest BCUT2D eigenvalue weighted by molar-refractivity contribution is -0.138. The monoisotopic (exact) mass is 270 g/mol. The Balaban J connectivity index is 2.19. The van der Waals surface area contributed by atoms with Gasteiger partial charge in [0.05, 0.1) is 6.42 Å². The van der Waals surface area contributed by atoms with Gasteiger partial charge in [-0.1, -0.05) is 26.2 Å². The van der Waals surface area contributed by atoms with Gasteiger partial charge in [0.25, 0.3) is 0 Å². The predicted molar refractivity (Wildman–Crippen MR) is 69.5 cm³/mol. The van der Waals surface area contributed by atoms with Gasteiger partial charge in [-0.2, -0.15) is 0 Å². The Kier molecular flexibility index (Phi) is 6.32. The van der Waals surface area contributed by atoms with E-state index in [-0.39, 0.29) is 12.8 Å². The first-order chi connectivity index (χ1) is 8.99. The molecule has 1 saturated carbocycles. The van der Waals surface area contributed by atoms with Crippen LogP contribution in [0.1, 0.15) is 45.4 Å². The molecule has 1 fully saturated rings. The summed E-state index contributed by atoms with van der Waals surface area (Å²) in [5.41, 5.74) is 0. The van der Waals surface area contributed by atoms with Crippen molar-refractivity contribution in [3.63, 3.8) is 0 Å². The van der Waals surface area contributed by atoms with Crippen LogP contribution in [0.4, 0.5) is 4.79 Å². The van der Waals surface area contributed by atoms with E-state index in [0.29, 0.717) is 18.4 Å². The zero-order valence-corrected chi connectivity index (χ0v) is 11.3. The van der Waals surface area contributed by atoms with Crippen molar-refractivity contribution in [1.29, 1.82) is 0 Å². The summed E-state index contributed by atoms with van der Waals surface area (Å²) in [7, 11) is 0. The van der Waals surface area contributed by atoms with Gasteiger partial charge < -0.3 is 10.4 Å². The number of carbonyl (C=O) groups is 3. The number of carboxylic acids is 1. The van der Waals surface area contributed by atoms with Crippen LogP contribution in [0.25, 0.3) is 0 Å². The molecule has 2 atom stereocenters. The molecule has 1 aliphatic rings. The van der Waals surface area contributed by atoms with E-state index in [1.165, 1.54) is 19.3 Å². The molecule has 3 N–H and O–H groups in total. The summed E-state index contributed by atoms with van der Waals surface area (Å²) in [5.74, 6) is -0.548. The van der Waals surface area contributed by atoms with Crippen molar-refractivity contribution in [2.75, 3.05) is 6.54 Å². The van der Waals surface area contributed by atoms with E-state index in [4.69, 9.17) is 5.11 Å². The largest absolute Gasteiger partial charge is 0.481 e. The molecule has 3 amide bonds. The van der Waals surface area contributed by atoms with Gasteiger partial charge in [0, 0.05) is 13.0 Å². The molecule has 1 aliphatic carbocycles. The van der Waals surface area contributed by atoms with Gasteiger partial charge in [-0.15, -0.1) is 0 Å². The van der Waals surface area contributed by atoms with Crippen LogP contribution < -0.4 is 10.6 Å². The van der Waals surface area contributed by atoms with Gasteiger partial charge in [0.2, 0.25) is 5.91 Å². The summed E-state index contributed by atoms with van der Waals surface area (Å²) >= 11 is 0. The van der Waals surface area contributed by atoms with Crippen molar-refractivity contribution < 1.29 is 19.5 Å². The summed E-state index contributed by atoms with van der Waals surface area (Å²) < 4.78 is 0. The third-order valence-corrected chi connectivity index (χ3v) is 3.63. The number of carboxylic acid groups (broad SMARTS) is 1. The van der Waals surface area contributed by atoms with E-state index in [1.54, 1.807) is 0 Å². The highest BCUT2D eigenvalue weighted by Crippen LogP contribution is 2.28. The maximum absolute atomic E-state index is 11.5. The third kappa shape index (κ3) is 6.22. The molecular weight excluding hydrogens is 248 g/mol. The quantitative estimate of drug-likeness (QED) is 0.705. The minimum atomic E-state index is -1.05. The molecule has 0 heterocycles. The number of rotatable bonds is 5. The molecule has 108 valence electrons. The molecule has 0 spiro atoms. The lowest BCUT2D eigenvalue weighted by Crippen LogP contribution is -2.42. The summed E-state index contributed by atoms with van der Waals surface area (Å²) in [6, 6.07) is -0.534. The lowest BCUT2D eigenvalue weighted by Gasteiger charge is -2.28. The second kappa shape index (κ2) is 7.76.